The summed E-state index contributed by atoms with van der Waals surface area (Å²) in [7, 11) is 0. The molecule has 0 aliphatic heterocycles. The van der Waals surface area contributed by atoms with Crippen LogP contribution in [0.4, 0.5) is 5.82 Å². The van der Waals surface area contributed by atoms with E-state index in [1.165, 1.54) is 5.56 Å². The van der Waals surface area contributed by atoms with Crippen LogP contribution < -0.4 is 11.1 Å². The molecule has 5 nitrogen and oxygen atoms in total. The molecule has 3 aromatic heterocycles. The van der Waals surface area contributed by atoms with Gasteiger partial charge in [0.2, 0.25) is 0 Å². The molecular formula is C24H23N5S. The highest BCUT2D eigenvalue weighted by molar-refractivity contribution is 7.18. The van der Waals surface area contributed by atoms with Crippen LogP contribution in [0, 0.1) is 11.8 Å². The summed E-state index contributed by atoms with van der Waals surface area (Å²) in [5.74, 6) is 7.82. The molecular weight excluding hydrogens is 390 g/mol. The van der Waals surface area contributed by atoms with Gasteiger partial charge in [0, 0.05) is 42.3 Å². The first-order valence-corrected chi connectivity index (χ1v) is 10.8. The van der Waals surface area contributed by atoms with E-state index in [0.717, 1.165) is 40.0 Å². The summed E-state index contributed by atoms with van der Waals surface area (Å²) in [6, 6.07) is 14.1. The SMILES string of the molecule is CCC#Cc1csc2c(NC[C@@H](N)Cc3ccccc3)nc(-c3ccncc3)nc12. The van der Waals surface area contributed by atoms with Gasteiger partial charge >= 0.3 is 0 Å². The van der Waals surface area contributed by atoms with Crippen molar-refractivity contribution in [1.29, 1.82) is 0 Å². The second-order valence-electron chi connectivity index (χ2n) is 6.94. The average molecular weight is 414 g/mol. The van der Waals surface area contributed by atoms with E-state index >= 15 is 0 Å². The topological polar surface area (TPSA) is 76.7 Å². The van der Waals surface area contributed by atoms with E-state index in [-0.39, 0.29) is 6.04 Å². The number of rotatable bonds is 6. The smallest absolute Gasteiger partial charge is 0.162 e. The highest BCUT2D eigenvalue weighted by Gasteiger charge is 2.15. The molecule has 3 heterocycles. The minimum atomic E-state index is -0.0268. The van der Waals surface area contributed by atoms with E-state index in [1.807, 2.05) is 42.6 Å². The Hall–Kier alpha value is -3.27. The maximum absolute atomic E-state index is 6.38. The van der Waals surface area contributed by atoms with Crippen LogP contribution in [0.5, 0.6) is 0 Å². The number of hydrogen-bond donors (Lipinski definition) is 2. The Balaban J connectivity index is 1.64. The summed E-state index contributed by atoms with van der Waals surface area (Å²) in [6.45, 7) is 2.66. The molecule has 0 saturated carbocycles. The number of benzene rings is 1. The van der Waals surface area contributed by atoms with Crippen LogP contribution in [0.15, 0.2) is 60.2 Å². The lowest BCUT2D eigenvalue weighted by Gasteiger charge is -2.14. The monoisotopic (exact) mass is 413 g/mol. The molecule has 0 aliphatic carbocycles. The maximum atomic E-state index is 6.38. The largest absolute Gasteiger partial charge is 0.367 e. The summed E-state index contributed by atoms with van der Waals surface area (Å²) >= 11 is 1.61. The number of nitrogens with zero attached hydrogens (tertiary/aromatic N) is 3. The van der Waals surface area contributed by atoms with Gasteiger partial charge in [-0.2, -0.15) is 0 Å². The number of fused-ring (bicyclic) bond motifs is 1. The predicted octanol–water partition coefficient (Wildman–Crippen LogP) is 4.50. The van der Waals surface area contributed by atoms with Crippen LogP contribution in [0.2, 0.25) is 0 Å². The first kappa shape index (κ1) is 20.0. The molecule has 0 fully saturated rings. The number of hydrogen-bond acceptors (Lipinski definition) is 6. The molecule has 4 rings (SSSR count). The number of pyridine rings is 1. The Morgan fingerprint density at radius 3 is 2.67 bits per heavy atom. The number of aromatic nitrogens is 3. The molecule has 0 saturated heterocycles. The van der Waals surface area contributed by atoms with Crippen molar-refractivity contribution in [2.24, 2.45) is 5.73 Å². The van der Waals surface area contributed by atoms with Crippen LogP contribution in [0.3, 0.4) is 0 Å². The van der Waals surface area contributed by atoms with Gasteiger partial charge in [-0.25, -0.2) is 9.97 Å². The summed E-state index contributed by atoms with van der Waals surface area (Å²) in [4.78, 5) is 13.7. The summed E-state index contributed by atoms with van der Waals surface area (Å²) in [5, 5.41) is 5.51. The third kappa shape index (κ3) is 4.65. The molecule has 1 atom stereocenters. The average Bonchev–Trinajstić information content (AvgIpc) is 3.20. The minimum absolute atomic E-state index is 0.0268. The van der Waals surface area contributed by atoms with E-state index in [4.69, 9.17) is 15.7 Å². The van der Waals surface area contributed by atoms with Crippen LogP contribution in [0.1, 0.15) is 24.5 Å². The van der Waals surface area contributed by atoms with Gasteiger partial charge in [0.15, 0.2) is 5.82 Å². The van der Waals surface area contributed by atoms with Crippen molar-refractivity contribution >= 4 is 27.4 Å². The van der Waals surface area contributed by atoms with E-state index < -0.39 is 0 Å². The molecule has 150 valence electrons. The van der Waals surface area contributed by atoms with Crippen molar-refractivity contribution in [3.05, 3.63) is 71.4 Å². The third-order valence-electron chi connectivity index (χ3n) is 4.63. The molecule has 0 radical (unpaired) electrons. The van der Waals surface area contributed by atoms with Crippen LogP contribution >= 0.6 is 11.3 Å². The zero-order chi connectivity index (χ0) is 20.8. The van der Waals surface area contributed by atoms with Crippen LogP contribution in [-0.4, -0.2) is 27.5 Å². The van der Waals surface area contributed by atoms with E-state index in [9.17, 15) is 0 Å². The fourth-order valence-electron chi connectivity index (χ4n) is 3.16. The minimum Gasteiger partial charge on any atom is -0.367 e. The van der Waals surface area contributed by atoms with E-state index in [1.54, 1.807) is 23.7 Å². The highest BCUT2D eigenvalue weighted by atomic mass is 32.1. The highest BCUT2D eigenvalue weighted by Crippen LogP contribution is 2.32. The molecule has 1 aromatic carbocycles. The molecule has 0 aliphatic rings. The van der Waals surface area contributed by atoms with Gasteiger partial charge in [0.25, 0.3) is 0 Å². The van der Waals surface area contributed by atoms with E-state index in [0.29, 0.717) is 12.4 Å². The number of nitrogens with one attached hydrogen (secondary N) is 1. The van der Waals surface area contributed by atoms with Gasteiger partial charge in [0.05, 0.1) is 10.3 Å². The van der Waals surface area contributed by atoms with Crippen molar-refractivity contribution < 1.29 is 0 Å². The molecule has 4 aromatic rings. The molecule has 0 spiro atoms. The molecule has 0 amide bonds. The van der Waals surface area contributed by atoms with Gasteiger partial charge in [-0.05, 0) is 24.1 Å². The molecule has 3 N–H and O–H groups in total. The van der Waals surface area contributed by atoms with Crippen molar-refractivity contribution in [1.82, 2.24) is 15.0 Å². The normalized spacial score (nSPS) is 11.7. The van der Waals surface area contributed by atoms with Crippen molar-refractivity contribution in [3.8, 4) is 23.2 Å². The zero-order valence-electron chi connectivity index (χ0n) is 16.8. The predicted molar refractivity (Wildman–Crippen MR) is 124 cm³/mol. The molecule has 30 heavy (non-hydrogen) atoms. The lowest BCUT2D eigenvalue weighted by atomic mass is 10.1. The van der Waals surface area contributed by atoms with Crippen LogP contribution in [0.25, 0.3) is 21.6 Å². The number of anilines is 1. The van der Waals surface area contributed by atoms with E-state index in [2.05, 4.69) is 34.3 Å². The maximum Gasteiger partial charge on any atom is 0.162 e. The Morgan fingerprint density at radius 1 is 1.10 bits per heavy atom. The molecule has 6 heteroatoms. The van der Waals surface area contributed by atoms with Gasteiger partial charge in [-0.1, -0.05) is 49.1 Å². The first-order chi connectivity index (χ1) is 14.7. The standard InChI is InChI=1S/C24H23N5S/c1-2-3-9-19-16-30-22-21(19)28-23(18-10-12-26-13-11-18)29-24(22)27-15-20(25)14-17-7-5-4-6-8-17/h4-8,10-13,16,20H,2,14-15,25H2,1H3,(H,27,28,29)/t20-/m0/s1. The summed E-state index contributed by atoms with van der Waals surface area (Å²) in [6.07, 6.45) is 5.10. The van der Waals surface area contributed by atoms with Gasteiger partial charge < -0.3 is 11.1 Å². The second-order valence-corrected chi connectivity index (χ2v) is 7.82. The third-order valence-corrected chi connectivity index (χ3v) is 5.60. The fraction of sp³-hybridized carbons (Fsp3) is 0.208. The van der Waals surface area contributed by atoms with Crippen molar-refractivity contribution in [2.45, 2.75) is 25.8 Å². The molecule has 0 bridgehead atoms. The second kappa shape index (κ2) is 9.49. The summed E-state index contributed by atoms with van der Waals surface area (Å²) in [5.41, 5.74) is 10.3. The van der Waals surface area contributed by atoms with Crippen molar-refractivity contribution in [2.75, 3.05) is 11.9 Å². The van der Waals surface area contributed by atoms with Gasteiger partial charge in [-0.15, -0.1) is 11.3 Å². The van der Waals surface area contributed by atoms with Gasteiger partial charge in [0.1, 0.15) is 11.3 Å². The first-order valence-electron chi connectivity index (χ1n) is 9.96. The summed E-state index contributed by atoms with van der Waals surface area (Å²) < 4.78 is 1.00. The van der Waals surface area contributed by atoms with Crippen molar-refractivity contribution in [3.63, 3.8) is 0 Å². The quantitative estimate of drug-likeness (QED) is 0.455. The zero-order valence-corrected chi connectivity index (χ0v) is 17.6. The Morgan fingerprint density at radius 2 is 1.90 bits per heavy atom. The Kier molecular flexibility index (Phi) is 6.33. The lowest BCUT2D eigenvalue weighted by molar-refractivity contribution is 0.698. The number of thiophene rings is 1. The van der Waals surface area contributed by atoms with Crippen LogP contribution in [-0.2, 0) is 6.42 Å². The van der Waals surface area contributed by atoms with Gasteiger partial charge in [-0.3, -0.25) is 4.98 Å². The fourth-order valence-corrected chi connectivity index (χ4v) is 4.06. The molecule has 0 unspecified atom stereocenters. The Labute approximate surface area is 180 Å². The Bertz CT molecular complexity index is 1180. The lowest BCUT2D eigenvalue weighted by Crippen LogP contribution is -2.31. The number of nitrogens with two attached hydrogens (primary N) is 1.